The zero-order valence-electron chi connectivity index (χ0n) is 11.5. The molecule has 0 spiro atoms. The predicted molar refractivity (Wildman–Crippen MR) is 78.0 cm³/mol. The first-order valence-corrected chi connectivity index (χ1v) is 6.45. The maximum Gasteiger partial charge on any atom is 0.311 e. The highest BCUT2D eigenvalue weighted by molar-refractivity contribution is 5.95. The Bertz CT molecular complexity index is 616. The van der Waals surface area contributed by atoms with E-state index in [9.17, 15) is 10.1 Å². The molecule has 1 heterocycles. The number of nitrogens with zero attached hydrogens (tertiary/aromatic N) is 2. The first kappa shape index (κ1) is 14.2. The van der Waals surface area contributed by atoms with Gasteiger partial charge in [0.15, 0.2) is 0 Å². The van der Waals surface area contributed by atoms with Crippen LogP contribution in [0.15, 0.2) is 30.5 Å². The highest BCUT2D eigenvalue weighted by atomic mass is 16.6. The largest absolute Gasteiger partial charge is 0.383 e. The van der Waals surface area contributed by atoms with Crippen LogP contribution in [0.2, 0.25) is 0 Å². The molecule has 1 aromatic heterocycles. The minimum absolute atomic E-state index is 0.0155. The molecular weight excluding hydrogens is 258 g/mol. The first-order valence-electron chi connectivity index (χ1n) is 6.45. The average molecular weight is 275 g/mol. The Morgan fingerprint density at radius 2 is 2.20 bits per heavy atom. The number of fused-ring (bicyclic) bond motifs is 1. The van der Waals surface area contributed by atoms with Gasteiger partial charge in [-0.2, -0.15) is 0 Å². The highest BCUT2D eigenvalue weighted by Gasteiger charge is 2.20. The SMILES string of the molecule is CCC(COC)Nc1c([N+](=O)[O-])cnc2ccccc12. The van der Waals surface area contributed by atoms with E-state index >= 15 is 0 Å². The fraction of sp³-hybridized carbons (Fsp3) is 0.357. The van der Waals surface area contributed by atoms with Crippen molar-refractivity contribution in [3.8, 4) is 0 Å². The molecular formula is C14H17N3O3. The third-order valence-corrected chi connectivity index (χ3v) is 3.16. The number of hydrogen-bond acceptors (Lipinski definition) is 5. The Morgan fingerprint density at radius 3 is 2.85 bits per heavy atom. The van der Waals surface area contributed by atoms with E-state index in [-0.39, 0.29) is 11.7 Å². The molecule has 0 saturated carbocycles. The van der Waals surface area contributed by atoms with Crippen LogP contribution in [0.5, 0.6) is 0 Å². The van der Waals surface area contributed by atoms with Crippen LogP contribution >= 0.6 is 0 Å². The number of aromatic nitrogens is 1. The van der Waals surface area contributed by atoms with Gasteiger partial charge in [0.25, 0.3) is 0 Å². The summed E-state index contributed by atoms with van der Waals surface area (Å²) in [4.78, 5) is 14.9. The lowest BCUT2D eigenvalue weighted by atomic mass is 10.1. The van der Waals surface area contributed by atoms with E-state index < -0.39 is 4.92 Å². The topological polar surface area (TPSA) is 77.3 Å². The smallest absolute Gasteiger partial charge is 0.311 e. The normalized spacial score (nSPS) is 12.3. The van der Waals surface area contributed by atoms with Crippen LogP contribution in [0.1, 0.15) is 13.3 Å². The van der Waals surface area contributed by atoms with Crippen LogP contribution in [-0.2, 0) is 4.74 Å². The van der Waals surface area contributed by atoms with Crippen molar-refractivity contribution in [3.05, 3.63) is 40.6 Å². The summed E-state index contributed by atoms with van der Waals surface area (Å²) < 4.78 is 5.13. The number of hydrogen-bond donors (Lipinski definition) is 1. The lowest BCUT2D eigenvalue weighted by Gasteiger charge is -2.18. The number of anilines is 1. The van der Waals surface area contributed by atoms with Gasteiger partial charge in [0.2, 0.25) is 0 Å². The monoisotopic (exact) mass is 275 g/mol. The molecule has 0 bridgehead atoms. The number of ether oxygens (including phenoxy) is 1. The summed E-state index contributed by atoms with van der Waals surface area (Å²) in [5, 5.41) is 15.1. The summed E-state index contributed by atoms with van der Waals surface area (Å²) in [6.07, 6.45) is 2.10. The standard InChI is InChI=1S/C14H17N3O3/c1-3-10(9-20-2)16-14-11-6-4-5-7-12(11)15-8-13(14)17(18)19/h4-8,10H,3,9H2,1-2H3,(H,15,16). The molecule has 1 unspecified atom stereocenters. The first-order chi connectivity index (χ1) is 9.67. The molecule has 2 aromatic rings. The van der Waals surface area contributed by atoms with E-state index in [0.717, 1.165) is 17.3 Å². The third kappa shape index (κ3) is 2.85. The average Bonchev–Trinajstić information content (AvgIpc) is 2.46. The Balaban J connectivity index is 2.51. The fourth-order valence-corrected chi connectivity index (χ4v) is 2.09. The van der Waals surface area contributed by atoms with Gasteiger partial charge in [-0.15, -0.1) is 0 Å². The van der Waals surface area contributed by atoms with Gasteiger partial charge < -0.3 is 10.1 Å². The summed E-state index contributed by atoms with van der Waals surface area (Å²) in [5.41, 5.74) is 1.22. The molecule has 6 nitrogen and oxygen atoms in total. The summed E-state index contributed by atoms with van der Waals surface area (Å²) in [6, 6.07) is 7.39. The summed E-state index contributed by atoms with van der Waals surface area (Å²) >= 11 is 0. The van der Waals surface area contributed by atoms with Crippen LogP contribution < -0.4 is 5.32 Å². The van der Waals surface area contributed by atoms with Crippen LogP contribution in [0.3, 0.4) is 0 Å². The van der Waals surface area contributed by atoms with Crippen molar-refractivity contribution >= 4 is 22.3 Å². The molecule has 1 atom stereocenters. The van der Waals surface area contributed by atoms with Gasteiger partial charge in [0.1, 0.15) is 11.9 Å². The van der Waals surface area contributed by atoms with E-state index in [1.165, 1.54) is 6.20 Å². The second-order valence-electron chi connectivity index (χ2n) is 4.50. The van der Waals surface area contributed by atoms with Crippen molar-refractivity contribution in [1.82, 2.24) is 4.98 Å². The number of nitrogens with one attached hydrogen (secondary N) is 1. The van der Waals surface area contributed by atoms with Gasteiger partial charge in [-0.05, 0) is 12.5 Å². The van der Waals surface area contributed by atoms with Gasteiger partial charge in [0.05, 0.1) is 17.0 Å². The Kier molecular flexibility index (Phi) is 4.47. The number of nitro groups is 1. The molecule has 0 aliphatic rings. The van der Waals surface area contributed by atoms with Crippen molar-refractivity contribution in [2.75, 3.05) is 19.0 Å². The maximum absolute atomic E-state index is 11.2. The van der Waals surface area contributed by atoms with Gasteiger partial charge in [-0.25, -0.2) is 4.98 Å². The minimum atomic E-state index is -0.415. The number of pyridine rings is 1. The van der Waals surface area contributed by atoms with Gasteiger partial charge in [-0.3, -0.25) is 10.1 Å². The Morgan fingerprint density at radius 1 is 1.45 bits per heavy atom. The molecule has 2 rings (SSSR count). The molecule has 1 aromatic carbocycles. The Hall–Kier alpha value is -2.21. The molecule has 0 radical (unpaired) electrons. The lowest BCUT2D eigenvalue weighted by molar-refractivity contribution is -0.384. The molecule has 0 aliphatic carbocycles. The lowest BCUT2D eigenvalue weighted by Crippen LogP contribution is -2.24. The van der Waals surface area contributed by atoms with E-state index in [4.69, 9.17) is 4.74 Å². The second-order valence-corrected chi connectivity index (χ2v) is 4.50. The van der Waals surface area contributed by atoms with Crippen molar-refractivity contribution in [2.24, 2.45) is 0 Å². The molecule has 0 amide bonds. The number of rotatable bonds is 6. The van der Waals surface area contributed by atoms with E-state index in [1.54, 1.807) is 7.11 Å². The van der Waals surface area contributed by atoms with E-state index in [0.29, 0.717) is 12.3 Å². The van der Waals surface area contributed by atoms with Crippen LogP contribution in [0, 0.1) is 10.1 Å². The van der Waals surface area contributed by atoms with Gasteiger partial charge >= 0.3 is 5.69 Å². The van der Waals surface area contributed by atoms with Gasteiger partial charge in [0, 0.05) is 18.5 Å². The summed E-state index contributed by atoms with van der Waals surface area (Å²) in [7, 11) is 1.61. The minimum Gasteiger partial charge on any atom is -0.383 e. The highest BCUT2D eigenvalue weighted by Crippen LogP contribution is 2.32. The molecule has 106 valence electrons. The fourth-order valence-electron chi connectivity index (χ4n) is 2.09. The molecule has 0 saturated heterocycles. The summed E-state index contributed by atoms with van der Waals surface area (Å²) in [5.74, 6) is 0. The molecule has 0 aliphatic heterocycles. The number of methoxy groups -OCH3 is 1. The zero-order chi connectivity index (χ0) is 14.5. The van der Waals surface area contributed by atoms with E-state index in [2.05, 4.69) is 10.3 Å². The number of benzene rings is 1. The van der Waals surface area contributed by atoms with Crippen LogP contribution in [0.4, 0.5) is 11.4 Å². The van der Waals surface area contributed by atoms with Crippen molar-refractivity contribution in [3.63, 3.8) is 0 Å². The van der Waals surface area contributed by atoms with Gasteiger partial charge in [-0.1, -0.05) is 25.1 Å². The molecule has 20 heavy (non-hydrogen) atoms. The van der Waals surface area contributed by atoms with Crippen LogP contribution in [0.25, 0.3) is 10.9 Å². The zero-order valence-corrected chi connectivity index (χ0v) is 11.5. The van der Waals surface area contributed by atoms with Crippen molar-refractivity contribution in [2.45, 2.75) is 19.4 Å². The van der Waals surface area contributed by atoms with Crippen molar-refractivity contribution < 1.29 is 9.66 Å². The van der Waals surface area contributed by atoms with Crippen molar-refractivity contribution in [1.29, 1.82) is 0 Å². The third-order valence-electron chi connectivity index (χ3n) is 3.16. The quantitative estimate of drug-likeness (QED) is 0.647. The molecule has 0 fully saturated rings. The van der Waals surface area contributed by atoms with Crippen LogP contribution in [-0.4, -0.2) is 29.7 Å². The molecule has 1 N–H and O–H groups in total. The molecule has 6 heteroatoms. The maximum atomic E-state index is 11.2. The Labute approximate surface area is 116 Å². The second kappa shape index (κ2) is 6.29. The predicted octanol–water partition coefficient (Wildman–Crippen LogP) is 2.98. The summed E-state index contributed by atoms with van der Waals surface area (Å²) in [6.45, 7) is 2.50. The van der Waals surface area contributed by atoms with E-state index in [1.807, 2.05) is 31.2 Å². The number of para-hydroxylation sites is 1.